The Kier molecular flexibility index (Phi) is 2.71. The minimum atomic E-state index is -4.44. The van der Waals surface area contributed by atoms with Crippen molar-refractivity contribution in [2.75, 3.05) is 5.73 Å². The number of aromatic nitrogens is 2. The summed E-state index contributed by atoms with van der Waals surface area (Å²) < 4.78 is 38.3. The Balaban J connectivity index is 2.64. The molecule has 0 radical (unpaired) electrons. The van der Waals surface area contributed by atoms with Gasteiger partial charge in [0.2, 0.25) is 0 Å². The number of halogens is 3. The zero-order valence-corrected chi connectivity index (χ0v) is 8.57. The molecule has 2 rings (SSSR count). The minimum Gasteiger partial charge on any atom is -0.399 e. The first kappa shape index (κ1) is 11.4. The number of nitrogens with zero attached hydrogens (tertiary/aromatic N) is 2. The van der Waals surface area contributed by atoms with E-state index in [1.807, 2.05) is 0 Å². The number of rotatable bonds is 1. The van der Waals surface area contributed by atoms with Crippen LogP contribution in [0.15, 0.2) is 36.5 Å². The van der Waals surface area contributed by atoms with Crippen LogP contribution < -0.4 is 5.73 Å². The summed E-state index contributed by atoms with van der Waals surface area (Å²) in [7, 11) is 0. The van der Waals surface area contributed by atoms with Gasteiger partial charge in [-0.1, -0.05) is 0 Å². The van der Waals surface area contributed by atoms with E-state index in [0.717, 1.165) is 6.07 Å². The highest BCUT2D eigenvalue weighted by Crippen LogP contribution is 2.37. The molecular weight excluding hydrogens is 231 g/mol. The number of benzene rings is 1. The van der Waals surface area contributed by atoms with Gasteiger partial charge in [0, 0.05) is 17.4 Å². The minimum absolute atomic E-state index is 0.0643. The largest absolute Gasteiger partial charge is 0.417 e. The third kappa shape index (κ3) is 2.35. The number of hydrogen-bond donors (Lipinski definition) is 1. The molecular formula is C11H8F3N3. The van der Waals surface area contributed by atoms with E-state index in [1.54, 1.807) is 0 Å². The van der Waals surface area contributed by atoms with E-state index in [4.69, 9.17) is 5.73 Å². The fraction of sp³-hybridized carbons (Fsp3) is 0.0909. The van der Waals surface area contributed by atoms with Crippen LogP contribution in [0.4, 0.5) is 18.9 Å². The highest BCUT2D eigenvalue weighted by Gasteiger charge is 2.33. The lowest BCUT2D eigenvalue weighted by atomic mass is 10.0. The average Bonchev–Trinajstić information content (AvgIpc) is 2.28. The maximum atomic E-state index is 12.8. The van der Waals surface area contributed by atoms with E-state index in [-0.39, 0.29) is 16.9 Å². The fourth-order valence-electron chi connectivity index (χ4n) is 1.47. The second-order valence-corrected chi connectivity index (χ2v) is 3.41. The first-order valence-corrected chi connectivity index (χ1v) is 4.73. The van der Waals surface area contributed by atoms with E-state index in [9.17, 15) is 13.2 Å². The van der Waals surface area contributed by atoms with Crippen molar-refractivity contribution in [3.8, 4) is 11.3 Å². The predicted molar refractivity (Wildman–Crippen MR) is 56.9 cm³/mol. The molecule has 0 saturated carbocycles. The molecule has 0 bridgehead atoms. The molecule has 0 unspecified atom stereocenters. The van der Waals surface area contributed by atoms with Gasteiger partial charge in [0.05, 0.1) is 11.3 Å². The van der Waals surface area contributed by atoms with Crippen LogP contribution in [0, 0.1) is 0 Å². The highest BCUT2D eigenvalue weighted by atomic mass is 19.4. The normalized spacial score (nSPS) is 11.5. The molecule has 3 nitrogen and oxygen atoms in total. The number of hydrogen-bond acceptors (Lipinski definition) is 3. The molecule has 0 atom stereocenters. The van der Waals surface area contributed by atoms with Crippen LogP contribution in [0.25, 0.3) is 11.3 Å². The molecule has 88 valence electrons. The van der Waals surface area contributed by atoms with Gasteiger partial charge in [0.25, 0.3) is 0 Å². The maximum Gasteiger partial charge on any atom is 0.417 e. The first-order chi connectivity index (χ1) is 7.98. The lowest BCUT2D eigenvalue weighted by Gasteiger charge is -2.12. The van der Waals surface area contributed by atoms with Gasteiger partial charge in [-0.3, -0.25) is 0 Å². The van der Waals surface area contributed by atoms with Crippen molar-refractivity contribution in [1.29, 1.82) is 0 Å². The third-order valence-corrected chi connectivity index (χ3v) is 2.20. The smallest absolute Gasteiger partial charge is 0.399 e. The summed E-state index contributed by atoms with van der Waals surface area (Å²) in [6.07, 6.45) is -3.05. The molecule has 0 aliphatic rings. The van der Waals surface area contributed by atoms with E-state index in [1.165, 1.54) is 30.5 Å². The molecule has 0 aliphatic carbocycles. The summed E-state index contributed by atoms with van der Waals surface area (Å²) in [4.78, 5) is 0. The third-order valence-electron chi connectivity index (χ3n) is 2.20. The zero-order chi connectivity index (χ0) is 12.5. The molecule has 1 aromatic heterocycles. The molecule has 0 aliphatic heterocycles. The number of nitrogen functional groups attached to an aromatic ring is 1. The number of anilines is 1. The van der Waals surface area contributed by atoms with E-state index in [2.05, 4.69) is 10.2 Å². The van der Waals surface area contributed by atoms with Crippen LogP contribution in [0.3, 0.4) is 0 Å². The summed E-state index contributed by atoms with van der Waals surface area (Å²) in [5.41, 5.74) is 5.05. The van der Waals surface area contributed by atoms with Crippen molar-refractivity contribution >= 4 is 5.69 Å². The molecule has 6 heteroatoms. The summed E-state index contributed by atoms with van der Waals surface area (Å²) in [5, 5.41) is 7.21. The first-order valence-electron chi connectivity index (χ1n) is 4.73. The predicted octanol–water partition coefficient (Wildman–Crippen LogP) is 2.74. The van der Waals surface area contributed by atoms with Gasteiger partial charge in [-0.25, -0.2) is 0 Å². The van der Waals surface area contributed by atoms with Crippen LogP contribution >= 0.6 is 0 Å². The van der Waals surface area contributed by atoms with Gasteiger partial charge < -0.3 is 5.73 Å². The Morgan fingerprint density at radius 2 is 1.88 bits per heavy atom. The quantitative estimate of drug-likeness (QED) is 0.778. The van der Waals surface area contributed by atoms with Crippen molar-refractivity contribution in [3.05, 3.63) is 42.1 Å². The number of alkyl halides is 3. The molecule has 0 fully saturated rings. The van der Waals surface area contributed by atoms with Gasteiger partial charge in [-0.15, -0.1) is 0 Å². The van der Waals surface area contributed by atoms with Gasteiger partial charge >= 0.3 is 6.18 Å². The molecule has 0 amide bonds. The Labute approximate surface area is 95.1 Å². The van der Waals surface area contributed by atoms with Gasteiger partial charge in [-0.05, 0) is 30.3 Å². The summed E-state index contributed by atoms with van der Waals surface area (Å²) in [5.74, 6) is 0. The summed E-state index contributed by atoms with van der Waals surface area (Å²) in [6, 6.07) is 6.37. The summed E-state index contributed by atoms with van der Waals surface area (Å²) in [6.45, 7) is 0. The molecule has 1 aromatic carbocycles. The highest BCUT2D eigenvalue weighted by molar-refractivity contribution is 5.68. The summed E-state index contributed by atoms with van der Waals surface area (Å²) >= 11 is 0. The van der Waals surface area contributed by atoms with E-state index in [0.29, 0.717) is 0 Å². The SMILES string of the molecule is Nc1ccc(C(F)(F)F)c(-c2cccnn2)c1. The molecule has 2 aromatic rings. The molecule has 0 spiro atoms. The van der Waals surface area contributed by atoms with Crippen LogP contribution in [0.5, 0.6) is 0 Å². The van der Waals surface area contributed by atoms with Crippen molar-refractivity contribution in [2.24, 2.45) is 0 Å². The van der Waals surface area contributed by atoms with Crippen molar-refractivity contribution in [3.63, 3.8) is 0 Å². The van der Waals surface area contributed by atoms with Gasteiger partial charge in [0.15, 0.2) is 0 Å². The van der Waals surface area contributed by atoms with E-state index < -0.39 is 11.7 Å². The maximum absolute atomic E-state index is 12.8. The molecule has 1 heterocycles. The number of nitrogens with two attached hydrogens (primary N) is 1. The fourth-order valence-corrected chi connectivity index (χ4v) is 1.47. The van der Waals surface area contributed by atoms with Gasteiger partial charge in [-0.2, -0.15) is 23.4 Å². The van der Waals surface area contributed by atoms with E-state index >= 15 is 0 Å². The molecule has 2 N–H and O–H groups in total. The van der Waals surface area contributed by atoms with Crippen LogP contribution in [0.2, 0.25) is 0 Å². The van der Waals surface area contributed by atoms with Crippen molar-refractivity contribution in [2.45, 2.75) is 6.18 Å². The monoisotopic (exact) mass is 239 g/mol. The molecule has 0 saturated heterocycles. The average molecular weight is 239 g/mol. The van der Waals surface area contributed by atoms with Gasteiger partial charge in [0.1, 0.15) is 0 Å². The van der Waals surface area contributed by atoms with Crippen LogP contribution in [-0.4, -0.2) is 10.2 Å². The lowest BCUT2D eigenvalue weighted by molar-refractivity contribution is -0.137. The second-order valence-electron chi connectivity index (χ2n) is 3.41. The van der Waals surface area contributed by atoms with Crippen LogP contribution in [0.1, 0.15) is 5.56 Å². The topological polar surface area (TPSA) is 51.8 Å². The lowest BCUT2D eigenvalue weighted by Crippen LogP contribution is -2.08. The van der Waals surface area contributed by atoms with Crippen molar-refractivity contribution < 1.29 is 13.2 Å². The standard InChI is InChI=1S/C11H8F3N3/c12-11(13,14)9-4-3-7(15)6-8(9)10-2-1-5-16-17-10/h1-6H,15H2. The molecule has 17 heavy (non-hydrogen) atoms. The van der Waals surface area contributed by atoms with Crippen molar-refractivity contribution in [1.82, 2.24) is 10.2 Å². The second kappa shape index (κ2) is 4.04. The Hall–Kier alpha value is -2.11. The Bertz CT molecular complexity index is 523. The zero-order valence-electron chi connectivity index (χ0n) is 8.57. The van der Waals surface area contributed by atoms with Crippen LogP contribution in [-0.2, 0) is 6.18 Å². The Morgan fingerprint density at radius 3 is 2.47 bits per heavy atom. The Morgan fingerprint density at radius 1 is 1.12 bits per heavy atom.